The van der Waals surface area contributed by atoms with Crippen molar-refractivity contribution in [1.29, 1.82) is 0 Å². The van der Waals surface area contributed by atoms with Crippen LogP contribution in [0.25, 0.3) is 0 Å². The fraction of sp³-hybridized carbons (Fsp3) is 0.750. The lowest BCUT2D eigenvalue weighted by Gasteiger charge is -2.39. The summed E-state index contributed by atoms with van der Waals surface area (Å²) in [7, 11) is 0. The van der Waals surface area contributed by atoms with Crippen LogP contribution >= 0.6 is 23.1 Å². The number of amides is 2. The molecule has 1 aromatic rings. The number of hydrogen-bond acceptors (Lipinski definition) is 6. The number of anilines is 1. The number of likely N-dealkylation sites (tertiary alicyclic amines) is 1. The Labute approximate surface area is 151 Å². The highest BCUT2D eigenvalue weighted by molar-refractivity contribution is 8.01. The van der Waals surface area contributed by atoms with Crippen LogP contribution in [0.1, 0.15) is 53.4 Å². The van der Waals surface area contributed by atoms with Gasteiger partial charge in [-0.3, -0.25) is 9.59 Å². The number of carbonyl (C=O) groups is 2. The van der Waals surface area contributed by atoms with Crippen molar-refractivity contribution in [3.05, 3.63) is 0 Å². The molecule has 1 fully saturated rings. The minimum Gasteiger partial charge on any atom is -0.337 e. The minimum absolute atomic E-state index is 0.0442. The van der Waals surface area contributed by atoms with Gasteiger partial charge in [0, 0.05) is 18.0 Å². The summed E-state index contributed by atoms with van der Waals surface area (Å²) in [6.07, 6.45) is 4.12. The number of thioether (sulfide) groups is 1. The van der Waals surface area contributed by atoms with Gasteiger partial charge in [-0.05, 0) is 39.5 Å². The molecule has 0 aromatic carbocycles. The summed E-state index contributed by atoms with van der Waals surface area (Å²) in [6, 6.07) is 0.614. The van der Waals surface area contributed by atoms with E-state index in [4.69, 9.17) is 0 Å². The van der Waals surface area contributed by atoms with E-state index in [1.807, 2.05) is 18.7 Å². The molecule has 3 atom stereocenters. The first-order valence-corrected chi connectivity index (χ1v) is 10.3. The molecule has 0 radical (unpaired) electrons. The quantitative estimate of drug-likeness (QED) is 0.613. The summed E-state index contributed by atoms with van der Waals surface area (Å²) < 4.78 is 0.708. The standard InChI is InChI=1S/C16H26N4O2S2/c1-5-10(2)14(22)17-15-18-19-16(24-15)23-9-13(21)20-11(3)7-6-8-12(20)4/h10-12H,5-9H2,1-4H3,(H,17,18,22)/t10-,11-,12+/m1/s1. The second-order valence-corrected chi connectivity index (χ2v) is 8.59. The molecular formula is C16H26N4O2S2. The molecule has 1 aliphatic heterocycles. The fourth-order valence-electron chi connectivity index (χ4n) is 2.84. The Bertz CT molecular complexity index is 568. The van der Waals surface area contributed by atoms with Gasteiger partial charge >= 0.3 is 0 Å². The molecule has 1 N–H and O–H groups in total. The van der Waals surface area contributed by atoms with Gasteiger partial charge in [-0.15, -0.1) is 10.2 Å². The van der Waals surface area contributed by atoms with Gasteiger partial charge in [-0.2, -0.15) is 0 Å². The Kier molecular flexibility index (Phi) is 7.03. The van der Waals surface area contributed by atoms with Crippen LogP contribution in [0.4, 0.5) is 5.13 Å². The predicted octanol–water partition coefficient (Wildman–Crippen LogP) is 3.40. The lowest BCUT2D eigenvalue weighted by molar-refractivity contribution is -0.134. The summed E-state index contributed by atoms with van der Waals surface area (Å²) >= 11 is 2.71. The number of carbonyl (C=O) groups excluding carboxylic acids is 2. The monoisotopic (exact) mass is 370 g/mol. The van der Waals surface area contributed by atoms with Crippen molar-refractivity contribution in [3.8, 4) is 0 Å². The highest BCUT2D eigenvalue weighted by Crippen LogP contribution is 2.28. The average molecular weight is 371 g/mol. The summed E-state index contributed by atoms with van der Waals surface area (Å²) in [5.74, 6) is 0.425. The van der Waals surface area contributed by atoms with Gasteiger partial charge in [0.05, 0.1) is 5.75 Å². The molecule has 6 nitrogen and oxygen atoms in total. The Morgan fingerprint density at radius 2 is 2.00 bits per heavy atom. The second kappa shape index (κ2) is 8.80. The molecule has 2 amide bonds. The fourth-order valence-corrected chi connectivity index (χ4v) is 4.47. The van der Waals surface area contributed by atoms with Gasteiger partial charge in [0.2, 0.25) is 16.9 Å². The van der Waals surface area contributed by atoms with E-state index in [1.54, 1.807) is 0 Å². The summed E-state index contributed by atoms with van der Waals surface area (Å²) in [5.41, 5.74) is 0. The molecule has 0 unspecified atom stereocenters. The van der Waals surface area contributed by atoms with Crippen LogP contribution in [0, 0.1) is 5.92 Å². The first-order chi connectivity index (χ1) is 11.4. The summed E-state index contributed by atoms with van der Waals surface area (Å²) in [4.78, 5) is 26.4. The Morgan fingerprint density at radius 3 is 2.62 bits per heavy atom. The molecule has 2 heterocycles. The molecule has 24 heavy (non-hydrogen) atoms. The van der Waals surface area contributed by atoms with E-state index in [-0.39, 0.29) is 17.7 Å². The highest BCUT2D eigenvalue weighted by atomic mass is 32.2. The van der Waals surface area contributed by atoms with Crippen molar-refractivity contribution in [1.82, 2.24) is 15.1 Å². The van der Waals surface area contributed by atoms with Crippen molar-refractivity contribution in [2.75, 3.05) is 11.1 Å². The van der Waals surface area contributed by atoms with E-state index in [0.29, 0.717) is 27.3 Å². The van der Waals surface area contributed by atoms with Crippen molar-refractivity contribution in [3.63, 3.8) is 0 Å². The number of nitrogens with one attached hydrogen (secondary N) is 1. The Morgan fingerprint density at radius 1 is 1.33 bits per heavy atom. The first-order valence-electron chi connectivity index (χ1n) is 8.50. The molecule has 134 valence electrons. The SMILES string of the molecule is CC[C@@H](C)C(=O)Nc1nnc(SCC(=O)N2[C@H](C)CCC[C@@H]2C)s1. The van der Waals surface area contributed by atoms with Crippen molar-refractivity contribution in [2.24, 2.45) is 5.92 Å². The zero-order chi connectivity index (χ0) is 17.7. The molecular weight excluding hydrogens is 344 g/mol. The molecule has 2 rings (SSSR count). The number of piperidine rings is 1. The van der Waals surface area contributed by atoms with Crippen molar-refractivity contribution in [2.45, 2.75) is 69.8 Å². The lowest BCUT2D eigenvalue weighted by atomic mass is 9.98. The zero-order valence-electron chi connectivity index (χ0n) is 14.7. The van der Waals surface area contributed by atoms with Crippen molar-refractivity contribution >= 4 is 40.0 Å². The van der Waals surface area contributed by atoms with E-state index in [2.05, 4.69) is 29.4 Å². The lowest BCUT2D eigenvalue weighted by Crippen LogP contribution is -2.48. The Balaban J connectivity index is 1.86. The number of aromatic nitrogens is 2. The Hall–Kier alpha value is -1.15. The van der Waals surface area contributed by atoms with Gasteiger partial charge in [0.15, 0.2) is 4.34 Å². The second-order valence-electron chi connectivity index (χ2n) is 6.39. The third-order valence-electron chi connectivity index (χ3n) is 4.50. The molecule has 0 spiro atoms. The molecule has 8 heteroatoms. The molecule has 1 aromatic heterocycles. The van der Waals surface area contributed by atoms with Crippen LogP contribution in [-0.4, -0.2) is 44.7 Å². The minimum atomic E-state index is -0.0475. The van der Waals surface area contributed by atoms with E-state index in [9.17, 15) is 9.59 Å². The molecule has 1 saturated heterocycles. The summed E-state index contributed by atoms with van der Waals surface area (Å²) in [5, 5.41) is 11.3. The third kappa shape index (κ3) is 4.92. The maximum Gasteiger partial charge on any atom is 0.233 e. The van der Waals surface area contributed by atoms with Crippen LogP contribution < -0.4 is 5.32 Å². The smallest absolute Gasteiger partial charge is 0.233 e. The average Bonchev–Trinajstić information content (AvgIpc) is 2.99. The predicted molar refractivity (Wildman–Crippen MR) is 98.3 cm³/mol. The summed E-state index contributed by atoms with van der Waals surface area (Å²) in [6.45, 7) is 8.09. The van der Waals surface area contributed by atoms with E-state index < -0.39 is 0 Å². The largest absolute Gasteiger partial charge is 0.337 e. The van der Waals surface area contributed by atoms with E-state index >= 15 is 0 Å². The topological polar surface area (TPSA) is 75.2 Å². The van der Waals surface area contributed by atoms with Gasteiger partial charge < -0.3 is 10.2 Å². The molecule has 0 aliphatic carbocycles. The van der Waals surface area contributed by atoms with Crippen molar-refractivity contribution < 1.29 is 9.59 Å². The molecule has 1 aliphatic rings. The normalized spacial score (nSPS) is 22.2. The maximum absolute atomic E-state index is 12.5. The zero-order valence-corrected chi connectivity index (χ0v) is 16.4. The van der Waals surface area contributed by atoms with Gasteiger partial charge in [-0.25, -0.2) is 0 Å². The maximum atomic E-state index is 12.5. The van der Waals surface area contributed by atoms with Crippen LogP contribution in [0.15, 0.2) is 4.34 Å². The number of nitrogens with zero attached hydrogens (tertiary/aromatic N) is 3. The van der Waals surface area contributed by atoms with Gasteiger partial charge in [-0.1, -0.05) is 36.9 Å². The van der Waals surface area contributed by atoms with Gasteiger partial charge in [0.1, 0.15) is 0 Å². The van der Waals surface area contributed by atoms with E-state index in [1.165, 1.54) is 29.5 Å². The number of hydrogen-bond donors (Lipinski definition) is 1. The number of rotatable bonds is 6. The van der Waals surface area contributed by atoms with Gasteiger partial charge in [0.25, 0.3) is 0 Å². The van der Waals surface area contributed by atoms with Crippen LogP contribution in [0.2, 0.25) is 0 Å². The van der Waals surface area contributed by atoms with Crippen LogP contribution in [0.5, 0.6) is 0 Å². The van der Waals surface area contributed by atoms with Crippen LogP contribution in [-0.2, 0) is 9.59 Å². The molecule has 0 bridgehead atoms. The molecule has 0 saturated carbocycles. The first kappa shape index (κ1) is 19.2. The van der Waals surface area contributed by atoms with Crippen LogP contribution in [0.3, 0.4) is 0 Å². The highest BCUT2D eigenvalue weighted by Gasteiger charge is 2.28. The third-order valence-corrected chi connectivity index (χ3v) is 6.45. The van der Waals surface area contributed by atoms with E-state index in [0.717, 1.165) is 19.3 Å².